The monoisotopic (exact) mass is 434 g/mol. The summed E-state index contributed by atoms with van der Waals surface area (Å²) >= 11 is 0. The smallest absolute Gasteiger partial charge is 0.317 e. The zero-order chi connectivity index (χ0) is 22.8. The van der Waals surface area contributed by atoms with Crippen LogP contribution in [0, 0.1) is 0 Å². The maximum absolute atomic E-state index is 13.1. The third-order valence-corrected chi connectivity index (χ3v) is 5.20. The lowest BCUT2D eigenvalue weighted by Gasteiger charge is -2.26. The maximum Gasteiger partial charge on any atom is 0.317 e. The number of nitrogens with two attached hydrogens (primary N) is 2. The number of aromatic nitrogens is 2. The second kappa shape index (κ2) is 8.40. The van der Waals surface area contributed by atoms with Crippen molar-refractivity contribution in [2.24, 2.45) is 5.84 Å². The van der Waals surface area contributed by atoms with Gasteiger partial charge in [0.1, 0.15) is 5.82 Å². The van der Waals surface area contributed by atoms with Crippen molar-refractivity contribution in [1.82, 2.24) is 19.9 Å². The lowest BCUT2D eigenvalue weighted by molar-refractivity contribution is -0.107. The van der Waals surface area contributed by atoms with Crippen LogP contribution in [0.15, 0.2) is 48.7 Å². The Balaban J connectivity index is 1.91. The number of pyridine rings is 1. The number of ketones is 1. The van der Waals surface area contributed by atoms with Gasteiger partial charge in [0.25, 0.3) is 0 Å². The molecule has 3 amide bonds. The van der Waals surface area contributed by atoms with Gasteiger partial charge in [0, 0.05) is 24.5 Å². The van der Waals surface area contributed by atoms with E-state index in [4.69, 9.17) is 11.7 Å². The second-order valence-electron chi connectivity index (χ2n) is 7.16. The van der Waals surface area contributed by atoms with E-state index in [0.717, 1.165) is 10.7 Å². The van der Waals surface area contributed by atoms with Crippen molar-refractivity contribution < 1.29 is 14.4 Å². The highest BCUT2D eigenvalue weighted by molar-refractivity contribution is 6.09. The molecule has 0 unspecified atom stereocenters. The van der Waals surface area contributed by atoms with Gasteiger partial charge in [0.2, 0.25) is 6.41 Å². The molecule has 0 radical (unpaired) electrons. The number of hydrazine groups is 1. The molecule has 11 nitrogen and oxygen atoms in total. The molecule has 4 rings (SSSR count). The number of rotatable bonds is 5. The predicted molar refractivity (Wildman–Crippen MR) is 119 cm³/mol. The molecule has 11 heteroatoms. The fourth-order valence-corrected chi connectivity index (χ4v) is 3.72. The number of amides is 3. The number of hydrogen-bond donors (Lipinski definition) is 4. The summed E-state index contributed by atoms with van der Waals surface area (Å²) in [6.45, 7) is 0.0684. The Hall–Kier alpha value is -4.38. The summed E-state index contributed by atoms with van der Waals surface area (Å²) < 4.78 is 1.38. The van der Waals surface area contributed by atoms with Gasteiger partial charge in [0.15, 0.2) is 5.78 Å². The van der Waals surface area contributed by atoms with Gasteiger partial charge in [-0.1, -0.05) is 18.2 Å². The molecule has 0 bridgehead atoms. The summed E-state index contributed by atoms with van der Waals surface area (Å²) in [6.07, 6.45) is 1.93. The summed E-state index contributed by atoms with van der Waals surface area (Å²) in [5.41, 5.74) is 3.23. The van der Waals surface area contributed by atoms with E-state index in [-0.39, 0.29) is 30.7 Å². The van der Waals surface area contributed by atoms with Crippen LogP contribution in [0.2, 0.25) is 0 Å². The number of carbonyl (C=O) groups is 3. The normalized spacial score (nSPS) is 12.8. The van der Waals surface area contributed by atoms with E-state index in [1.165, 1.54) is 22.8 Å². The zero-order valence-corrected chi connectivity index (χ0v) is 17.3. The van der Waals surface area contributed by atoms with E-state index in [1.54, 1.807) is 12.1 Å². The van der Waals surface area contributed by atoms with E-state index in [9.17, 15) is 14.4 Å². The summed E-state index contributed by atoms with van der Waals surface area (Å²) in [5, 5.41) is 6.67. The summed E-state index contributed by atoms with van der Waals surface area (Å²) in [6, 6.07) is 12.3. The second-order valence-corrected chi connectivity index (χ2v) is 7.16. The average Bonchev–Trinajstić information content (AvgIpc) is 3.10. The highest BCUT2D eigenvalue weighted by Crippen LogP contribution is 2.39. The molecule has 6 N–H and O–H groups in total. The maximum atomic E-state index is 13.1. The molecule has 32 heavy (non-hydrogen) atoms. The Labute approximate surface area is 183 Å². The van der Waals surface area contributed by atoms with E-state index in [0.29, 0.717) is 34.6 Å². The van der Waals surface area contributed by atoms with Crippen molar-refractivity contribution in [3.05, 3.63) is 59.9 Å². The standard InChI is InChI=1S/C21H22N8O3/c1-24-21(32)27-10-15-18(16(31)11-27)19(26-14-5-3-2-4-6-14)20(29(15)23)13-7-8-25-17(9-13)28(22)12-30/h2-9,12,26H,10-11,22-23H2,1H3,(H,24,32). The van der Waals surface area contributed by atoms with Crippen LogP contribution >= 0.6 is 0 Å². The number of para-hydroxylation sites is 1. The van der Waals surface area contributed by atoms with Crippen molar-refractivity contribution in [1.29, 1.82) is 0 Å². The average molecular weight is 434 g/mol. The van der Waals surface area contributed by atoms with E-state index < -0.39 is 0 Å². The fourth-order valence-electron chi connectivity index (χ4n) is 3.72. The van der Waals surface area contributed by atoms with Crippen LogP contribution in [0.3, 0.4) is 0 Å². The number of hydrogen-bond acceptors (Lipinski definition) is 7. The van der Waals surface area contributed by atoms with Gasteiger partial charge in [-0.25, -0.2) is 20.6 Å². The Morgan fingerprint density at radius 2 is 1.97 bits per heavy atom. The number of Topliss-reactive ketones (excluding diaryl/α,β-unsaturated/α-hetero) is 1. The Morgan fingerprint density at radius 3 is 2.66 bits per heavy atom. The van der Waals surface area contributed by atoms with Gasteiger partial charge in [0.05, 0.1) is 35.7 Å². The first-order valence-electron chi connectivity index (χ1n) is 9.74. The van der Waals surface area contributed by atoms with Crippen molar-refractivity contribution in [2.45, 2.75) is 6.54 Å². The Bertz CT molecular complexity index is 1190. The van der Waals surface area contributed by atoms with Gasteiger partial charge in [-0.05, 0) is 24.3 Å². The highest BCUT2D eigenvalue weighted by Gasteiger charge is 2.35. The fraction of sp³-hybridized carbons (Fsp3) is 0.143. The minimum Gasteiger partial charge on any atom is -0.353 e. The third kappa shape index (κ3) is 3.61. The summed E-state index contributed by atoms with van der Waals surface area (Å²) in [5.74, 6) is 12.1. The molecule has 0 spiro atoms. The number of nitrogens with zero attached hydrogens (tertiary/aromatic N) is 4. The van der Waals surface area contributed by atoms with Crippen LogP contribution < -0.4 is 27.3 Å². The SMILES string of the molecule is CNC(=O)N1CC(=O)c2c(Nc3ccccc3)c(-c3ccnc(N(N)C=O)c3)n(N)c2C1. The Morgan fingerprint density at radius 1 is 1.22 bits per heavy atom. The van der Waals surface area contributed by atoms with Crippen molar-refractivity contribution in [3.8, 4) is 11.3 Å². The lowest BCUT2D eigenvalue weighted by atomic mass is 10.0. The predicted octanol–water partition coefficient (Wildman–Crippen LogP) is 1.18. The van der Waals surface area contributed by atoms with Gasteiger partial charge in [-0.3, -0.25) is 14.3 Å². The van der Waals surface area contributed by atoms with Crippen molar-refractivity contribution in [3.63, 3.8) is 0 Å². The molecule has 2 aromatic heterocycles. The zero-order valence-electron chi connectivity index (χ0n) is 17.3. The van der Waals surface area contributed by atoms with Crippen LogP contribution in [0.1, 0.15) is 16.1 Å². The lowest BCUT2D eigenvalue weighted by Crippen LogP contribution is -2.44. The molecule has 3 aromatic rings. The van der Waals surface area contributed by atoms with Crippen LogP contribution in [-0.4, -0.2) is 46.4 Å². The Kier molecular flexibility index (Phi) is 5.48. The van der Waals surface area contributed by atoms with Gasteiger partial charge >= 0.3 is 6.03 Å². The van der Waals surface area contributed by atoms with Gasteiger partial charge < -0.3 is 21.4 Å². The molecule has 0 aliphatic carbocycles. The van der Waals surface area contributed by atoms with Crippen LogP contribution in [0.4, 0.5) is 22.0 Å². The molecular weight excluding hydrogens is 412 g/mol. The molecule has 164 valence electrons. The number of anilines is 3. The molecule has 3 heterocycles. The minimum atomic E-state index is -0.375. The van der Waals surface area contributed by atoms with Crippen LogP contribution in [-0.2, 0) is 11.3 Å². The third-order valence-electron chi connectivity index (χ3n) is 5.20. The molecule has 0 fully saturated rings. The topological polar surface area (TPSA) is 152 Å². The van der Waals surface area contributed by atoms with E-state index in [1.807, 2.05) is 30.3 Å². The quantitative estimate of drug-likeness (QED) is 0.204. The number of carbonyl (C=O) groups excluding carboxylic acids is 3. The highest BCUT2D eigenvalue weighted by atomic mass is 16.2. The molecular formula is C21H22N8O3. The van der Waals surface area contributed by atoms with Crippen LogP contribution in [0.25, 0.3) is 11.3 Å². The summed E-state index contributed by atoms with van der Waals surface area (Å²) in [7, 11) is 1.50. The number of nitrogen functional groups attached to an aromatic ring is 1. The van der Waals surface area contributed by atoms with E-state index >= 15 is 0 Å². The molecule has 1 aromatic carbocycles. The largest absolute Gasteiger partial charge is 0.353 e. The minimum absolute atomic E-state index is 0.0804. The molecule has 0 atom stereocenters. The van der Waals surface area contributed by atoms with Crippen molar-refractivity contribution in [2.75, 3.05) is 29.8 Å². The van der Waals surface area contributed by atoms with Gasteiger partial charge in [-0.2, -0.15) is 0 Å². The molecule has 0 saturated carbocycles. The number of fused-ring (bicyclic) bond motifs is 1. The first-order chi connectivity index (χ1) is 15.4. The number of benzene rings is 1. The number of nitrogens with one attached hydrogen (secondary N) is 2. The van der Waals surface area contributed by atoms with Gasteiger partial charge in [-0.15, -0.1) is 0 Å². The van der Waals surface area contributed by atoms with E-state index in [2.05, 4.69) is 15.6 Å². The molecule has 1 aliphatic rings. The summed E-state index contributed by atoms with van der Waals surface area (Å²) in [4.78, 5) is 41.9. The molecule has 0 saturated heterocycles. The molecule has 1 aliphatic heterocycles. The van der Waals surface area contributed by atoms with Crippen molar-refractivity contribution >= 4 is 35.4 Å². The van der Waals surface area contributed by atoms with Crippen LogP contribution in [0.5, 0.6) is 0 Å². The first kappa shape index (κ1) is 20.9. The first-order valence-corrected chi connectivity index (χ1v) is 9.74. The number of urea groups is 1.